The normalized spacial score (nSPS) is 15.2. The van der Waals surface area contributed by atoms with Gasteiger partial charge in [-0.1, -0.05) is 6.92 Å². The Morgan fingerprint density at radius 1 is 1.35 bits per heavy atom. The van der Waals surface area contributed by atoms with Crippen molar-refractivity contribution in [1.82, 2.24) is 4.90 Å². The van der Waals surface area contributed by atoms with Crippen molar-refractivity contribution in [2.75, 3.05) is 19.7 Å². The fourth-order valence-electron chi connectivity index (χ4n) is 1.46. The third-order valence-electron chi connectivity index (χ3n) is 2.62. The molecule has 5 nitrogen and oxygen atoms in total. The van der Waals surface area contributed by atoms with E-state index in [-0.39, 0.29) is 25.3 Å². The van der Waals surface area contributed by atoms with Gasteiger partial charge in [-0.05, 0) is 27.2 Å². The molecule has 102 valence electrons. The van der Waals surface area contributed by atoms with Crippen molar-refractivity contribution in [2.45, 2.75) is 52.4 Å². The number of aliphatic hydroxyl groups excluding tert-OH is 1. The van der Waals surface area contributed by atoms with Crippen LogP contribution < -0.4 is 0 Å². The molecule has 2 N–H and O–H groups in total. The Bertz CT molecular complexity index is 221. The van der Waals surface area contributed by atoms with E-state index in [0.29, 0.717) is 6.54 Å². The first kappa shape index (κ1) is 16.4. The summed E-state index contributed by atoms with van der Waals surface area (Å²) in [7, 11) is 0. The highest BCUT2D eigenvalue weighted by Crippen LogP contribution is 2.05. The first-order chi connectivity index (χ1) is 7.86. The van der Waals surface area contributed by atoms with Crippen molar-refractivity contribution >= 4 is 5.97 Å². The van der Waals surface area contributed by atoms with E-state index in [1.54, 1.807) is 4.90 Å². The molecule has 0 aromatic rings. The SMILES string of the molecule is CCC(C)N(CC(=O)O)CC(O)COC(C)C. The van der Waals surface area contributed by atoms with E-state index >= 15 is 0 Å². The zero-order chi connectivity index (χ0) is 13.4. The minimum Gasteiger partial charge on any atom is -0.480 e. The minimum atomic E-state index is -0.873. The van der Waals surface area contributed by atoms with Crippen LogP contribution in [0, 0.1) is 0 Å². The van der Waals surface area contributed by atoms with Crippen molar-refractivity contribution in [3.05, 3.63) is 0 Å². The second-order valence-electron chi connectivity index (χ2n) is 4.62. The molecule has 2 atom stereocenters. The van der Waals surface area contributed by atoms with Crippen LogP contribution in [-0.2, 0) is 9.53 Å². The Kier molecular flexibility index (Phi) is 8.12. The van der Waals surface area contributed by atoms with Crippen molar-refractivity contribution in [2.24, 2.45) is 0 Å². The van der Waals surface area contributed by atoms with E-state index in [0.717, 1.165) is 6.42 Å². The molecule has 0 saturated heterocycles. The third kappa shape index (κ3) is 8.12. The highest BCUT2D eigenvalue weighted by molar-refractivity contribution is 5.69. The van der Waals surface area contributed by atoms with Gasteiger partial charge < -0.3 is 14.9 Å². The second kappa shape index (κ2) is 8.44. The average molecular weight is 247 g/mol. The van der Waals surface area contributed by atoms with Crippen molar-refractivity contribution in [3.63, 3.8) is 0 Å². The maximum atomic E-state index is 10.7. The summed E-state index contributed by atoms with van der Waals surface area (Å²) in [5, 5.41) is 18.6. The van der Waals surface area contributed by atoms with E-state index in [9.17, 15) is 9.90 Å². The summed E-state index contributed by atoms with van der Waals surface area (Å²) in [6.45, 7) is 8.27. The van der Waals surface area contributed by atoms with Crippen molar-refractivity contribution < 1.29 is 19.7 Å². The predicted molar refractivity (Wildman–Crippen MR) is 66.1 cm³/mol. The monoisotopic (exact) mass is 247 g/mol. The molecule has 0 aliphatic rings. The lowest BCUT2D eigenvalue weighted by molar-refractivity contribution is -0.139. The van der Waals surface area contributed by atoms with Gasteiger partial charge in [0.15, 0.2) is 0 Å². The van der Waals surface area contributed by atoms with E-state index in [2.05, 4.69) is 0 Å². The standard InChI is InChI=1S/C12H25NO4/c1-5-10(4)13(7-12(15)16)6-11(14)8-17-9(2)3/h9-11,14H,5-8H2,1-4H3,(H,15,16). The third-order valence-corrected chi connectivity index (χ3v) is 2.62. The zero-order valence-corrected chi connectivity index (χ0v) is 11.2. The van der Waals surface area contributed by atoms with Crippen LogP contribution in [0.3, 0.4) is 0 Å². The first-order valence-electron chi connectivity index (χ1n) is 6.12. The zero-order valence-electron chi connectivity index (χ0n) is 11.2. The Balaban J connectivity index is 4.17. The lowest BCUT2D eigenvalue weighted by Crippen LogP contribution is -2.43. The maximum absolute atomic E-state index is 10.7. The summed E-state index contributed by atoms with van der Waals surface area (Å²) in [5.74, 6) is -0.873. The highest BCUT2D eigenvalue weighted by atomic mass is 16.5. The highest BCUT2D eigenvalue weighted by Gasteiger charge is 2.19. The van der Waals surface area contributed by atoms with E-state index in [4.69, 9.17) is 9.84 Å². The minimum absolute atomic E-state index is 0.0479. The largest absolute Gasteiger partial charge is 0.480 e. The molecular weight excluding hydrogens is 222 g/mol. The summed E-state index contributed by atoms with van der Waals surface area (Å²) in [4.78, 5) is 12.5. The Hall–Kier alpha value is -0.650. The summed E-state index contributed by atoms with van der Waals surface area (Å²) in [6, 6.07) is 0.139. The first-order valence-corrected chi connectivity index (χ1v) is 6.12. The molecule has 5 heteroatoms. The van der Waals surface area contributed by atoms with Gasteiger partial charge in [-0.3, -0.25) is 9.69 Å². The Labute approximate surface area is 103 Å². The fraction of sp³-hybridized carbons (Fsp3) is 0.917. The van der Waals surface area contributed by atoms with Crippen LogP contribution >= 0.6 is 0 Å². The van der Waals surface area contributed by atoms with Gasteiger partial charge >= 0.3 is 5.97 Å². The molecule has 0 rings (SSSR count). The predicted octanol–water partition coefficient (Wildman–Crippen LogP) is 0.957. The number of aliphatic hydroxyl groups is 1. The molecule has 0 aromatic carbocycles. The molecule has 0 aliphatic heterocycles. The smallest absolute Gasteiger partial charge is 0.317 e. The molecule has 0 aliphatic carbocycles. The van der Waals surface area contributed by atoms with Crippen LogP contribution in [0.2, 0.25) is 0 Å². The number of hydrogen-bond donors (Lipinski definition) is 2. The van der Waals surface area contributed by atoms with Gasteiger partial charge in [-0.2, -0.15) is 0 Å². The molecule has 0 spiro atoms. The van der Waals surface area contributed by atoms with Crippen molar-refractivity contribution in [3.8, 4) is 0 Å². The van der Waals surface area contributed by atoms with Crippen LogP contribution in [-0.4, -0.2) is 59.0 Å². The molecule has 2 unspecified atom stereocenters. The average Bonchev–Trinajstić information content (AvgIpc) is 2.23. The molecule has 0 saturated carbocycles. The second-order valence-corrected chi connectivity index (χ2v) is 4.62. The van der Waals surface area contributed by atoms with Crippen LogP contribution in [0.5, 0.6) is 0 Å². The summed E-state index contributed by atoms with van der Waals surface area (Å²) in [5.41, 5.74) is 0. The van der Waals surface area contributed by atoms with Crippen LogP contribution in [0.1, 0.15) is 34.1 Å². The number of carboxylic acids is 1. The number of hydrogen-bond acceptors (Lipinski definition) is 4. The molecule has 0 radical (unpaired) electrons. The molecule has 0 amide bonds. The summed E-state index contributed by atoms with van der Waals surface area (Å²) >= 11 is 0. The fourth-order valence-corrected chi connectivity index (χ4v) is 1.46. The van der Waals surface area contributed by atoms with Gasteiger partial charge in [0.2, 0.25) is 0 Å². The number of carboxylic acid groups (broad SMARTS) is 1. The molecule has 0 fully saturated rings. The summed E-state index contributed by atoms with van der Waals surface area (Å²) in [6.07, 6.45) is 0.275. The number of carbonyl (C=O) groups is 1. The summed E-state index contributed by atoms with van der Waals surface area (Å²) < 4.78 is 5.30. The van der Waals surface area contributed by atoms with Gasteiger partial charge in [-0.25, -0.2) is 0 Å². The molecule has 0 aromatic heterocycles. The van der Waals surface area contributed by atoms with Crippen LogP contribution in [0.15, 0.2) is 0 Å². The van der Waals surface area contributed by atoms with E-state index < -0.39 is 12.1 Å². The lowest BCUT2D eigenvalue weighted by Gasteiger charge is -2.28. The Morgan fingerprint density at radius 2 is 1.94 bits per heavy atom. The lowest BCUT2D eigenvalue weighted by atomic mass is 10.2. The molecule has 0 heterocycles. The van der Waals surface area contributed by atoms with Crippen molar-refractivity contribution in [1.29, 1.82) is 0 Å². The quantitative estimate of drug-likeness (QED) is 0.635. The van der Waals surface area contributed by atoms with Crippen LogP contribution in [0.25, 0.3) is 0 Å². The number of nitrogens with zero attached hydrogens (tertiary/aromatic N) is 1. The number of ether oxygens (including phenoxy) is 1. The maximum Gasteiger partial charge on any atom is 0.317 e. The van der Waals surface area contributed by atoms with Crippen LogP contribution in [0.4, 0.5) is 0 Å². The van der Waals surface area contributed by atoms with Gasteiger partial charge in [0.05, 0.1) is 25.4 Å². The van der Waals surface area contributed by atoms with E-state index in [1.807, 2.05) is 27.7 Å². The van der Waals surface area contributed by atoms with Gasteiger partial charge in [0.1, 0.15) is 0 Å². The topological polar surface area (TPSA) is 70.0 Å². The van der Waals surface area contributed by atoms with Gasteiger partial charge in [0, 0.05) is 12.6 Å². The molecular formula is C12H25NO4. The molecule has 17 heavy (non-hydrogen) atoms. The number of aliphatic carboxylic acids is 1. The van der Waals surface area contributed by atoms with Gasteiger partial charge in [0.25, 0.3) is 0 Å². The van der Waals surface area contributed by atoms with Gasteiger partial charge in [-0.15, -0.1) is 0 Å². The van der Waals surface area contributed by atoms with E-state index in [1.165, 1.54) is 0 Å². The Morgan fingerprint density at radius 3 is 2.35 bits per heavy atom. The molecule has 0 bridgehead atoms. The number of rotatable bonds is 9.